The van der Waals surface area contributed by atoms with Crippen molar-refractivity contribution in [2.75, 3.05) is 0 Å². The standard InChI is InChI=1S/C12H13BrN2O/c1-3-9(7-14)15-12(16)10-6-8(2)4-5-11(10)13/h4-6,9H,3H2,1-2H3,(H,15,16). The van der Waals surface area contributed by atoms with Gasteiger partial charge >= 0.3 is 0 Å². The molecule has 1 amide bonds. The molecule has 0 bridgehead atoms. The number of nitrogens with zero attached hydrogens (tertiary/aromatic N) is 1. The summed E-state index contributed by atoms with van der Waals surface area (Å²) in [6, 6.07) is 7.15. The zero-order chi connectivity index (χ0) is 12.1. The molecule has 1 unspecified atom stereocenters. The number of hydrogen-bond acceptors (Lipinski definition) is 2. The number of carbonyl (C=O) groups excluding carboxylic acids is 1. The van der Waals surface area contributed by atoms with Crippen LogP contribution >= 0.6 is 15.9 Å². The first-order valence-corrected chi connectivity index (χ1v) is 5.84. The first-order chi connectivity index (χ1) is 7.58. The lowest BCUT2D eigenvalue weighted by atomic mass is 10.1. The molecule has 1 rings (SSSR count). The molecule has 0 aliphatic carbocycles. The third-order valence-electron chi connectivity index (χ3n) is 2.24. The molecule has 0 spiro atoms. The molecule has 1 atom stereocenters. The highest BCUT2D eigenvalue weighted by atomic mass is 79.9. The summed E-state index contributed by atoms with van der Waals surface area (Å²) in [6.45, 7) is 3.78. The highest BCUT2D eigenvalue weighted by molar-refractivity contribution is 9.10. The van der Waals surface area contributed by atoms with Gasteiger partial charge in [-0.25, -0.2) is 0 Å². The van der Waals surface area contributed by atoms with Gasteiger partial charge in [-0.05, 0) is 41.4 Å². The van der Waals surface area contributed by atoms with Gasteiger partial charge in [0.1, 0.15) is 6.04 Å². The van der Waals surface area contributed by atoms with Gasteiger partial charge in [-0.3, -0.25) is 4.79 Å². The molecule has 0 fully saturated rings. The van der Waals surface area contributed by atoms with Gasteiger partial charge in [-0.15, -0.1) is 0 Å². The summed E-state index contributed by atoms with van der Waals surface area (Å²) in [4.78, 5) is 11.9. The number of benzene rings is 1. The predicted octanol–water partition coefficient (Wildman–Crippen LogP) is 2.79. The van der Waals surface area contributed by atoms with Crippen LogP contribution < -0.4 is 5.32 Å². The van der Waals surface area contributed by atoms with Gasteiger partial charge in [0.2, 0.25) is 0 Å². The molecule has 3 nitrogen and oxygen atoms in total. The molecule has 0 aliphatic heterocycles. The van der Waals surface area contributed by atoms with Gasteiger partial charge in [0.05, 0.1) is 11.6 Å². The Morgan fingerprint density at radius 1 is 1.62 bits per heavy atom. The molecular weight excluding hydrogens is 268 g/mol. The van der Waals surface area contributed by atoms with Crippen LogP contribution in [0.3, 0.4) is 0 Å². The smallest absolute Gasteiger partial charge is 0.253 e. The number of amides is 1. The summed E-state index contributed by atoms with van der Waals surface area (Å²) >= 11 is 3.32. The van der Waals surface area contributed by atoms with Crippen molar-refractivity contribution in [2.24, 2.45) is 0 Å². The van der Waals surface area contributed by atoms with Crippen molar-refractivity contribution in [3.63, 3.8) is 0 Å². The minimum absolute atomic E-state index is 0.219. The number of carbonyl (C=O) groups is 1. The Bertz CT molecular complexity index is 437. The highest BCUT2D eigenvalue weighted by Crippen LogP contribution is 2.18. The third kappa shape index (κ3) is 3.07. The van der Waals surface area contributed by atoms with Crippen LogP contribution in [0.2, 0.25) is 0 Å². The van der Waals surface area contributed by atoms with Crippen LogP contribution in [-0.4, -0.2) is 11.9 Å². The van der Waals surface area contributed by atoms with Gasteiger partial charge in [0.15, 0.2) is 0 Å². The monoisotopic (exact) mass is 280 g/mol. The molecule has 0 radical (unpaired) electrons. The lowest BCUT2D eigenvalue weighted by Gasteiger charge is -2.10. The minimum Gasteiger partial charge on any atom is -0.336 e. The summed E-state index contributed by atoms with van der Waals surface area (Å²) in [5.41, 5.74) is 1.58. The van der Waals surface area contributed by atoms with E-state index in [1.807, 2.05) is 32.0 Å². The van der Waals surface area contributed by atoms with E-state index in [-0.39, 0.29) is 5.91 Å². The first-order valence-electron chi connectivity index (χ1n) is 5.05. The number of nitriles is 1. The van der Waals surface area contributed by atoms with Gasteiger partial charge in [0, 0.05) is 4.47 Å². The second-order valence-corrected chi connectivity index (χ2v) is 4.40. The van der Waals surface area contributed by atoms with Crippen LogP contribution in [0.25, 0.3) is 0 Å². The van der Waals surface area contributed by atoms with Gasteiger partial charge < -0.3 is 5.32 Å². The summed E-state index contributed by atoms with van der Waals surface area (Å²) in [7, 11) is 0. The van der Waals surface area contributed by atoms with Gasteiger partial charge in [-0.2, -0.15) is 5.26 Å². The van der Waals surface area contributed by atoms with Crippen LogP contribution in [0, 0.1) is 18.3 Å². The van der Waals surface area contributed by atoms with Crippen molar-refractivity contribution in [1.82, 2.24) is 5.32 Å². The van der Waals surface area contributed by atoms with E-state index in [4.69, 9.17) is 5.26 Å². The molecule has 1 N–H and O–H groups in total. The summed E-state index contributed by atoms with van der Waals surface area (Å²) < 4.78 is 0.739. The molecular formula is C12H13BrN2O. The summed E-state index contributed by atoms with van der Waals surface area (Å²) in [5, 5.41) is 11.4. The molecule has 16 heavy (non-hydrogen) atoms. The Labute approximate surface area is 104 Å². The molecule has 1 aromatic rings. The quantitative estimate of drug-likeness (QED) is 0.926. The van der Waals surface area contributed by atoms with E-state index in [0.717, 1.165) is 10.0 Å². The van der Waals surface area contributed by atoms with Crippen molar-refractivity contribution >= 4 is 21.8 Å². The second kappa shape index (κ2) is 5.66. The maximum absolute atomic E-state index is 11.9. The SMILES string of the molecule is CCC(C#N)NC(=O)c1cc(C)ccc1Br. The fraction of sp³-hybridized carbons (Fsp3) is 0.333. The molecule has 0 aromatic heterocycles. The van der Waals surface area contributed by atoms with Gasteiger partial charge in [0.25, 0.3) is 5.91 Å². The number of hydrogen-bond donors (Lipinski definition) is 1. The molecule has 0 saturated heterocycles. The zero-order valence-electron chi connectivity index (χ0n) is 9.25. The van der Waals surface area contributed by atoms with Crippen LogP contribution in [-0.2, 0) is 0 Å². The average Bonchev–Trinajstić information content (AvgIpc) is 2.28. The Kier molecular flexibility index (Phi) is 4.51. The van der Waals surface area contributed by atoms with E-state index >= 15 is 0 Å². The Morgan fingerprint density at radius 2 is 2.31 bits per heavy atom. The molecule has 1 aromatic carbocycles. The van der Waals surface area contributed by atoms with Crippen LogP contribution in [0.1, 0.15) is 29.3 Å². The fourth-order valence-corrected chi connectivity index (χ4v) is 1.70. The van der Waals surface area contributed by atoms with Crippen LogP contribution in [0.15, 0.2) is 22.7 Å². The number of halogens is 1. The predicted molar refractivity (Wildman–Crippen MR) is 66.0 cm³/mol. The van der Waals surface area contributed by atoms with E-state index < -0.39 is 6.04 Å². The molecule has 0 heterocycles. The van der Waals surface area contributed by atoms with Crippen LogP contribution in [0.5, 0.6) is 0 Å². The zero-order valence-corrected chi connectivity index (χ0v) is 10.8. The average molecular weight is 281 g/mol. The normalized spacial score (nSPS) is 11.6. The Balaban J connectivity index is 2.89. The summed E-state index contributed by atoms with van der Waals surface area (Å²) in [5.74, 6) is -0.219. The minimum atomic E-state index is -0.431. The molecule has 4 heteroatoms. The van der Waals surface area contributed by atoms with Crippen molar-refractivity contribution < 1.29 is 4.79 Å². The summed E-state index contributed by atoms with van der Waals surface area (Å²) in [6.07, 6.45) is 0.603. The van der Waals surface area contributed by atoms with Crippen molar-refractivity contribution in [2.45, 2.75) is 26.3 Å². The number of rotatable bonds is 3. The molecule has 0 aliphatic rings. The second-order valence-electron chi connectivity index (χ2n) is 3.55. The Hall–Kier alpha value is -1.34. The highest BCUT2D eigenvalue weighted by Gasteiger charge is 2.13. The fourth-order valence-electron chi connectivity index (χ4n) is 1.27. The van der Waals surface area contributed by atoms with Gasteiger partial charge in [-0.1, -0.05) is 18.6 Å². The number of aryl methyl sites for hydroxylation is 1. The lowest BCUT2D eigenvalue weighted by Crippen LogP contribution is -2.33. The Morgan fingerprint density at radius 3 is 2.88 bits per heavy atom. The first kappa shape index (κ1) is 12.7. The third-order valence-corrected chi connectivity index (χ3v) is 2.93. The topological polar surface area (TPSA) is 52.9 Å². The van der Waals surface area contributed by atoms with Crippen molar-refractivity contribution in [1.29, 1.82) is 5.26 Å². The van der Waals surface area contributed by atoms with E-state index in [9.17, 15) is 4.79 Å². The van der Waals surface area contributed by atoms with E-state index in [0.29, 0.717) is 12.0 Å². The maximum Gasteiger partial charge on any atom is 0.253 e. The maximum atomic E-state index is 11.9. The van der Waals surface area contributed by atoms with Crippen LogP contribution in [0.4, 0.5) is 0 Å². The van der Waals surface area contributed by atoms with E-state index in [2.05, 4.69) is 21.2 Å². The molecule has 84 valence electrons. The largest absolute Gasteiger partial charge is 0.336 e. The number of nitrogens with one attached hydrogen (secondary N) is 1. The lowest BCUT2D eigenvalue weighted by molar-refractivity contribution is 0.0944. The van der Waals surface area contributed by atoms with E-state index in [1.54, 1.807) is 6.07 Å². The van der Waals surface area contributed by atoms with Crippen molar-refractivity contribution in [3.05, 3.63) is 33.8 Å². The molecule has 0 saturated carbocycles. The van der Waals surface area contributed by atoms with E-state index in [1.165, 1.54) is 0 Å². The van der Waals surface area contributed by atoms with Crippen molar-refractivity contribution in [3.8, 4) is 6.07 Å².